The number of anilines is 2. The minimum absolute atomic E-state index is 0.293. The Morgan fingerprint density at radius 1 is 1.13 bits per heavy atom. The molecule has 1 fully saturated rings. The Balaban J connectivity index is 1.61. The number of hydrogen-bond acceptors (Lipinski definition) is 9. The lowest BCUT2D eigenvalue weighted by atomic mass is 10.2. The Bertz CT molecular complexity index is 1030. The molecule has 0 N–H and O–H groups in total. The molecule has 0 spiro atoms. The molecular formula is C20H21ClN6O2S. The van der Waals surface area contributed by atoms with Gasteiger partial charge in [0.1, 0.15) is 16.4 Å². The third kappa shape index (κ3) is 4.36. The lowest BCUT2D eigenvalue weighted by molar-refractivity contribution is 0.0526. The van der Waals surface area contributed by atoms with Crippen molar-refractivity contribution in [1.82, 2.24) is 20.2 Å². The SMILES string of the molecule is CCOC(=O)c1cnc(-c2ccc(Cl)cc2)nc1N1CCN(c2nnc(C)s2)CC1. The van der Waals surface area contributed by atoms with Crippen molar-refractivity contribution >= 4 is 39.9 Å². The lowest BCUT2D eigenvalue weighted by Crippen LogP contribution is -2.47. The number of rotatable bonds is 5. The number of ether oxygens (including phenoxy) is 1. The van der Waals surface area contributed by atoms with Crippen LogP contribution in [0.4, 0.5) is 10.9 Å². The molecule has 156 valence electrons. The zero-order valence-electron chi connectivity index (χ0n) is 16.7. The number of carbonyl (C=O) groups is 1. The van der Waals surface area contributed by atoms with Gasteiger partial charge in [-0.25, -0.2) is 14.8 Å². The molecule has 1 aliphatic heterocycles. The fourth-order valence-corrected chi connectivity index (χ4v) is 4.09. The van der Waals surface area contributed by atoms with E-state index in [2.05, 4.69) is 25.0 Å². The van der Waals surface area contributed by atoms with Crippen molar-refractivity contribution in [2.45, 2.75) is 13.8 Å². The minimum Gasteiger partial charge on any atom is -0.462 e. The number of halogens is 1. The summed E-state index contributed by atoms with van der Waals surface area (Å²) in [7, 11) is 0. The third-order valence-electron chi connectivity index (χ3n) is 4.73. The molecule has 30 heavy (non-hydrogen) atoms. The van der Waals surface area contributed by atoms with Gasteiger partial charge in [0.2, 0.25) is 5.13 Å². The maximum atomic E-state index is 12.5. The number of benzene rings is 1. The molecule has 2 aromatic heterocycles. The second kappa shape index (κ2) is 8.93. The van der Waals surface area contributed by atoms with E-state index in [9.17, 15) is 4.79 Å². The van der Waals surface area contributed by atoms with Crippen molar-refractivity contribution < 1.29 is 9.53 Å². The van der Waals surface area contributed by atoms with Gasteiger partial charge in [-0.3, -0.25) is 0 Å². The number of hydrogen-bond donors (Lipinski definition) is 0. The molecule has 1 saturated heterocycles. The van der Waals surface area contributed by atoms with Crippen molar-refractivity contribution in [2.75, 3.05) is 42.6 Å². The Kier molecular flexibility index (Phi) is 6.10. The number of nitrogens with zero attached hydrogens (tertiary/aromatic N) is 6. The van der Waals surface area contributed by atoms with Crippen LogP contribution >= 0.6 is 22.9 Å². The van der Waals surface area contributed by atoms with Gasteiger partial charge >= 0.3 is 5.97 Å². The summed E-state index contributed by atoms with van der Waals surface area (Å²) in [5.41, 5.74) is 1.20. The van der Waals surface area contributed by atoms with E-state index < -0.39 is 5.97 Å². The zero-order valence-corrected chi connectivity index (χ0v) is 18.3. The van der Waals surface area contributed by atoms with E-state index in [1.54, 1.807) is 36.6 Å². The first-order valence-corrected chi connectivity index (χ1v) is 10.8. The molecule has 0 atom stereocenters. The van der Waals surface area contributed by atoms with Crippen molar-refractivity contribution in [3.63, 3.8) is 0 Å². The molecule has 4 rings (SSSR count). The van der Waals surface area contributed by atoms with E-state index in [0.717, 1.165) is 28.8 Å². The second-order valence-electron chi connectivity index (χ2n) is 6.74. The standard InChI is InChI=1S/C20H21ClN6O2S/c1-3-29-19(28)16-12-22-17(14-4-6-15(21)7-5-14)23-18(16)26-8-10-27(11-9-26)20-25-24-13(2)30-20/h4-7,12H,3,8-11H2,1-2H3. The summed E-state index contributed by atoms with van der Waals surface area (Å²) in [4.78, 5) is 25.9. The molecule has 8 nitrogen and oxygen atoms in total. The summed E-state index contributed by atoms with van der Waals surface area (Å²) in [6.07, 6.45) is 1.55. The van der Waals surface area contributed by atoms with Crippen LogP contribution in [0.25, 0.3) is 11.4 Å². The van der Waals surface area contributed by atoms with Crippen LogP contribution in [0.1, 0.15) is 22.3 Å². The van der Waals surface area contributed by atoms with E-state index in [4.69, 9.17) is 21.3 Å². The molecule has 1 aromatic carbocycles. The monoisotopic (exact) mass is 444 g/mol. The van der Waals surface area contributed by atoms with Gasteiger partial charge in [0.25, 0.3) is 0 Å². The van der Waals surface area contributed by atoms with E-state index >= 15 is 0 Å². The Hall–Kier alpha value is -2.78. The highest BCUT2D eigenvalue weighted by molar-refractivity contribution is 7.15. The van der Waals surface area contributed by atoms with Gasteiger partial charge in [0.05, 0.1) is 6.61 Å². The molecule has 0 bridgehead atoms. The molecule has 0 amide bonds. The third-order valence-corrected chi connectivity index (χ3v) is 5.88. The van der Waals surface area contributed by atoms with Crippen molar-refractivity contribution in [1.29, 1.82) is 0 Å². The van der Waals surface area contributed by atoms with Crippen LogP contribution in [0, 0.1) is 6.92 Å². The average molecular weight is 445 g/mol. The van der Waals surface area contributed by atoms with Crippen LogP contribution in [-0.4, -0.2) is 58.9 Å². The Morgan fingerprint density at radius 3 is 2.47 bits per heavy atom. The lowest BCUT2D eigenvalue weighted by Gasteiger charge is -2.35. The van der Waals surface area contributed by atoms with E-state index in [-0.39, 0.29) is 0 Å². The van der Waals surface area contributed by atoms with Gasteiger partial charge in [0.15, 0.2) is 5.82 Å². The van der Waals surface area contributed by atoms with Crippen molar-refractivity contribution in [3.8, 4) is 11.4 Å². The first kappa shape index (κ1) is 20.5. The van der Waals surface area contributed by atoms with Gasteiger partial charge in [-0.2, -0.15) is 0 Å². The Morgan fingerprint density at radius 2 is 1.83 bits per heavy atom. The topological polar surface area (TPSA) is 84.3 Å². The highest BCUT2D eigenvalue weighted by Gasteiger charge is 2.26. The number of carbonyl (C=O) groups excluding carboxylic acids is 1. The number of piperazine rings is 1. The van der Waals surface area contributed by atoms with Gasteiger partial charge in [-0.15, -0.1) is 10.2 Å². The summed E-state index contributed by atoms with van der Waals surface area (Å²) in [5, 5.41) is 10.8. The highest BCUT2D eigenvalue weighted by Crippen LogP contribution is 2.27. The van der Waals surface area contributed by atoms with Crippen LogP contribution in [-0.2, 0) is 4.74 Å². The van der Waals surface area contributed by atoms with E-state index in [1.165, 1.54) is 0 Å². The van der Waals surface area contributed by atoms with E-state index in [1.807, 2.05) is 19.1 Å². The molecule has 10 heteroatoms. The summed E-state index contributed by atoms with van der Waals surface area (Å²) >= 11 is 7.58. The van der Waals surface area contributed by atoms with Crippen LogP contribution < -0.4 is 9.80 Å². The van der Waals surface area contributed by atoms with Gasteiger partial charge in [-0.1, -0.05) is 22.9 Å². The zero-order chi connectivity index (χ0) is 21.1. The molecule has 0 unspecified atom stereocenters. The number of aromatic nitrogens is 4. The fourth-order valence-electron chi connectivity index (χ4n) is 3.23. The maximum Gasteiger partial charge on any atom is 0.343 e. The fraction of sp³-hybridized carbons (Fsp3) is 0.350. The van der Waals surface area contributed by atoms with Gasteiger partial charge in [0, 0.05) is 43.0 Å². The largest absolute Gasteiger partial charge is 0.462 e. The summed E-state index contributed by atoms with van der Waals surface area (Å²) in [6, 6.07) is 7.31. The van der Waals surface area contributed by atoms with Crippen molar-refractivity contribution in [2.24, 2.45) is 0 Å². The summed E-state index contributed by atoms with van der Waals surface area (Å²) in [6.45, 7) is 6.94. The van der Waals surface area contributed by atoms with Crippen LogP contribution in [0.15, 0.2) is 30.5 Å². The molecule has 3 heterocycles. The van der Waals surface area contributed by atoms with Gasteiger partial charge in [-0.05, 0) is 38.1 Å². The van der Waals surface area contributed by atoms with Crippen molar-refractivity contribution in [3.05, 3.63) is 46.1 Å². The summed E-state index contributed by atoms with van der Waals surface area (Å²) in [5.74, 6) is 0.704. The highest BCUT2D eigenvalue weighted by atomic mass is 35.5. The van der Waals surface area contributed by atoms with Gasteiger partial charge < -0.3 is 14.5 Å². The minimum atomic E-state index is -0.419. The predicted octanol–water partition coefficient (Wildman–Crippen LogP) is 3.46. The molecular weight excluding hydrogens is 424 g/mol. The number of aryl methyl sites for hydroxylation is 1. The molecule has 3 aromatic rings. The molecule has 1 aliphatic rings. The smallest absolute Gasteiger partial charge is 0.343 e. The quantitative estimate of drug-likeness (QED) is 0.553. The first-order valence-electron chi connectivity index (χ1n) is 9.65. The molecule has 0 aliphatic carbocycles. The molecule has 0 saturated carbocycles. The molecule has 0 radical (unpaired) electrons. The average Bonchev–Trinajstić information content (AvgIpc) is 3.20. The van der Waals surface area contributed by atoms with Crippen LogP contribution in [0.5, 0.6) is 0 Å². The van der Waals surface area contributed by atoms with Crippen LogP contribution in [0.3, 0.4) is 0 Å². The normalized spacial score (nSPS) is 14.1. The first-order chi connectivity index (χ1) is 14.5. The van der Waals surface area contributed by atoms with Crippen LogP contribution in [0.2, 0.25) is 5.02 Å². The predicted molar refractivity (Wildman–Crippen MR) is 118 cm³/mol. The maximum absolute atomic E-state index is 12.5. The Labute approximate surface area is 183 Å². The van der Waals surface area contributed by atoms with E-state index in [0.29, 0.717) is 41.9 Å². The number of esters is 1. The second-order valence-corrected chi connectivity index (χ2v) is 8.33. The summed E-state index contributed by atoms with van der Waals surface area (Å²) < 4.78 is 5.22.